The van der Waals surface area contributed by atoms with Gasteiger partial charge in [-0.2, -0.15) is 4.98 Å². The zero-order valence-corrected chi connectivity index (χ0v) is 20.0. The summed E-state index contributed by atoms with van der Waals surface area (Å²) >= 11 is 0. The van der Waals surface area contributed by atoms with Crippen LogP contribution in [0.25, 0.3) is 22.8 Å². The van der Waals surface area contributed by atoms with E-state index in [1.807, 2.05) is 80.6 Å². The van der Waals surface area contributed by atoms with Crippen LogP contribution in [0, 0.1) is 12.8 Å². The van der Waals surface area contributed by atoms with Gasteiger partial charge in [-0.05, 0) is 44.4 Å². The average Bonchev–Trinajstić information content (AvgIpc) is 3.40. The Balaban J connectivity index is 1.26. The molecular formula is C28H29N5O2. The highest BCUT2D eigenvalue weighted by Gasteiger charge is 2.28. The molecule has 1 amide bonds. The monoisotopic (exact) mass is 467 g/mol. The van der Waals surface area contributed by atoms with Crippen molar-refractivity contribution in [3.63, 3.8) is 0 Å². The topological polar surface area (TPSA) is 84.2 Å². The number of amides is 1. The van der Waals surface area contributed by atoms with E-state index in [1.165, 1.54) is 5.56 Å². The summed E-state index contributed by atoms with van der Waals surface area (Å²) in [6.07, 6.45) is 3.31. The Kier molecular flexibility index (Phi) is 6.57. The highest BCUT2D eigenvalue weighted by molar-refractivity contribution is 5.79. The summed E-state index contributed by atoms with van der Waals surface area (Å²) in [6, 6.07) is 21.9. The van der Waals surface area contributed by atoms with Crippen LogP contribution < -0.4 is 10.2 Å². The molecule has 0 spiro atoms. The SMILES string of the molecule is Cc1ccc(-c2noc(-c3cccnc3N3CCC(C(=O)NC(C)c4ccccc4)CC3)n2)cc1. The number of nitrogens with zero attached hydrogens (tertiary/aromatic N) is 4. The number of aryl methyl sites for hydroxylation is 1. The van der Waals surface area contributed by atoms with Gasteiger partial charge in [0.25, 0.3) is 5.89 Å². The van der Waals surface area contributed by atoms with Gasteiger partial charge in [0, 0.05) is 30.8 Å². The van der Waals surface area contributed by atoms with E-state index in [1.54, 1.807) is 6.20 Å². The van der Waals surface area contributed by atoms with Gasteiger partial charge < -0.3 is 14.7 Å². The molecule has 1 saturated heterocycles. The van der Waals surface area contributed by atoms with Crippen LogP contribution >= 0.6 is 0 Å². The van der Waals surface area contributed by atoms with Crippen molar-refractivity contribution in [3.8, 4) is 22.8 Å². The summed E-state index contributed by atoms with van der Waals surface area (Å²) in [6.45, 7) is 5.55. The van der Waals surface area contributed by atoms with E-state index in [-0.39, 0.29) is 17.9 Å². The normalized spacial score (nSPS) is 15.1. The fraction of sp³-hybridized carbons (Fsp3) is 0.286. The lowest BCUT2D eigenvalue weighted by Gasteiger charge is -2.33. The molecule has 1 aliphatic rings. The molecule has 1 aliphatic heterocycles. The molecule has 4 aromatic rings. The Morgan fingerprint density at radius 3 is 2.51 bits per heavy atom. The molecule has 35 heavy (non-hydrogen) atoms. The minimum absolute atomic E-state index is 0.00984. The summed E-state index contributed by atoms with van der Waals surface area (Å²) in [5, 5.41) is 7.35. The first kappa shape index (κ1) is 22.8. The second-order valence-corrected chi connectivity index (χ2v) is 9.07. The Labute approximate surface area is 205 Å². The van der Waals surface area contributed by atoms with Gasteiger partial charge in [-0.1, -0.05) is 65.3 Å². The molecular weight excluding hydrogens is 438 g/mol. The highest BCUT2D eigenvalue weighted by Crippen LogP contribution is 2.32. The molecule has 1 N–H and O–H groups in total. The van der Waals surface area contributed by atoms with Gasteiger partial charge in [0.1, 0.15) is 5.82 Å². The second-order valence-electron chi connectivity index (χ2n) is 9.07. The lowest BCUT2D eigenvalue weighted by atomic mass is 9.95. The first-order valence-electron chi connectivity index (χ1n) is 12.0. The number of anilines is 1. The molecule has 1 fully saturated rings. The zero-order valence-electron chi connectivity index (χ0n) is 20.0. The van der Waals surface area contributed by atoms with Crippen molar-refractivity contribution in [3.05, 3.63) is 84.1 Å². The number of hydrogen-bond donors (Lipinski definition) is 1. The number of carbonyl (C=O) groups excluding carboxylic acids is 1. The molecule has 5 rings (SSSR count). The van der Waals surface area contributed by atoms with Crippen molar-refractivity contribution in [1.29, 1.82) is 0 Å². The van der Waals surface area contributed by atoms with Crippen LogP contribution in [0.5, 0.6) is 0 Å². The Morgan fingerprint density at radius 2 is 1.77 bits per heavy atom. The van der Waals surface area contributed by atoms with Gasteiger partial charge >= 0.3 is 0 Å². The smallest absolute Gasteiger partial charge is 0.261 e. The second kappa shape index (κ2) is 10.1. The maximum atomic E-state index is 12.9. The van der Waals surface area contributed by atoms with E-state index in [4.69, 9.17) is 4.52 Å². The number of piperidine rings is 1. The molecule has 0 radical (unpaired) electrons. The largest absolute Gasteiger partial charge is 0.356 e. The number of carbonyl (C=O) groups is 1. The maximum absolute atomic E-state index is 12.9. The van der Waals surface area contributed by atoms with Gasteiger partial charge in [0.2, 0.25) is 11.7 Å². The molecule has 2 aromatic heterocycles. The first-order valence-corrected chi connectivity index (χ1v) is 12.0. The van der Waals surface area contributed by atoms with Gasteiger partial charge in [0.05, 0.1) is 11.6 Å². The van der Waals surface area contributed by atoms with Crippen molar-refractivity contribution in [2.75, 3.05) is 18.0 Å². The minimum Gasteiger partial charge on any atom is -0.356 e. The van der Waals surface area contributed by atoms with E-state index in [9.17, 15) is 4.79 Å². The third-order valence-corrected chi connectivity index (χ3v) is 6.58. The number of aromatic nitrogens is 3. The summed E-state index contributed by atoms with van der Waals surface area (Å²) < 4.78 is 5.62. The van der Waals surface area contributed by atoms with E-state index in [2.05, 4.69) is 25.3 Å². The highest BCUT2D eigenvalue weighted by atomic mass is 16.5. The molecule has 2 aromatic carbocycles. The van der Waals surface area contributed by atoms with Gasteiger partial charge in [0.15, 0.2) is 0 Å². The van der Waals surface area contributed by atoms with Crippen LogP contribution in [0.2, 0.25) is 0 Å². The Morgan fingerprint density at radius 1 is 1.03 bits per heavy atom. The van der Waals surface area contributed by atoms with E-state index in [0.717, 1.165) is 48.4 Å². The van der Waals surface area contributed by atoms with Crippen molar-refractivity contribution in [2.45, 2.75) is 32.7 Å². The van der Waals surface area contributed by atoms with Crippen molar-refractivity contribution >= 4 is 11.7 Å². The predicted octanol–water partition coefficient (Wildman–Crippen LogP) is 5.20. The van der Waals surface area contributed by atoms with Crippen LogP contribution in [-0.2, 0) is 4.79 Å². The molecule has 0 saturated carbocycles. The molecule has 0 bridgehead atoms. The molecule has 3 heterocycles. The number of pyridine rings is 1. The maximum Gasteiger partial charge on any atom is 0.261 e. The summed E-state index contributed by atoms with van der Waals surface area (Å²) in [7, 11) is 0. The number of rotatable bonds is 6. The summed E-state index contributed by atoms with van der Waals surface area (Å²) in [5.74, 6) is 1.91. The summed E-state index contributed by atoms with van der Waals surface area (Å²) in [4.78, 5) is 24.4. The number of nitrogens with one attached hydrogen (secondary N) is 1. The van der Waals surface area contributed by atoms with E-state index in [0.29, 0.717) is 11.7 Å². The van der Waals surface area contributed by atoms with Crippen LogP contribution in [0.1, 0.15) is 36.9 Å². The molecule has 0 aliphatic carbocycles. The predicted molar refractivity (Wildman–Crippen MR) is 136 cm³/mol. The number of hydrogen-bond acceptors (Lipinski definition) is 6. The minimum atomic E-state index is -0.0129. The Hall–Kier alpha value is -4.00. The zero-order chi connectivity index (χ0) is 24.2. The van der Waals surface area contributed by atoms with Crippen molar-refractivity contribution in [1.82, 2.24) is 20.4 Å². The lowest BCUT2D eigenvalue weighted by molar-refractivity contribution is -0.126. The Bertz CT molecular complexity index is 1280. The average molecular weight is 468 g/mol. The van der Waals surface area contributed by atoms with E-state index >= 15 is 0 Å². The first-order chi connectivity index (χ1) is 17.1. The molecule has 1 unspecified atom stereocenters. The third-order valence-electron chi connectivity index (χ3n) is 6.58. The van der Waals surface area contributed by atoms with Crippen LogP contribution in [0.15, 0.2) is 77.4 Å². The fourth-order valence-electron chi connectivity index (χ4n) is 4.48. The molecule has 1 atom stereocenters. The van der Waals surface area contributed by atoms with Crippen molar-refractivity contribution < 1.29 is 9.32 Å². The fourth-order valence-corrected chi connectivity index (χ4v) is 4.48. The van der Waals surface area contributed by atoms with Crippen molar-refractivity contribution in [2.24, 2.45) is 5.92 Å². The summed E-state index contributed by atoms with van der Waals surface area (Å²) in [5.41, 5.74) is 4.01. The lowest BCUT2D eigenvalue weighted by Crippen LogP contribution is -2.41. The van der Waals surface area contributed by atoms with Crippen LogP contribution in [0.4, 0.5) is 5.82 Å². The van der Waals surface area contributed by atoms with Gasteiger partial charge in [-0.3, -0.25) is 4.79 Å². The standard InChI is InChI=1S/C28H29N5O2/c1-19-10-12-22(13-11-19)25-31-28(35-32-25)24-9-6-16-29-26(24)33-17-14-23(15-18-33)27(34)30-20(2)21-7-4-3-5-8-21/h3-13,16,20,23H,14-15,17-18H2,1-2H3,(H,30,34). The molecule has 7 nitrogen and oxygen atoms in total. The van der Waals surface area contributed by atoms with Crippen LogP contribution in [0.3, 0.4) is 0 Å². The molecule has 178 valence electrons. The molecule has 7 heteroatoms. The van der Waals surface area contributed by atoms with Crippen LogP contribution in [-0.4, -0.2) is 34.1 Å². The van der Waals surface area contributed by atoms with Gasteiger partial charge in [-0.25, -0.2) is 4.98 Å². The number of benzene rings is 2. The third kappa shape index (κ3) is 5.09. The van der Waals surface area contributed by atoms with Gasteiger partial charge in [-0.15, -0.1) is 0 Å². The quantitative estimate of drug-likeness (QED) is 0.420. The van der Waals surface area contributed by atoms with E-state index < -0.39 is 0 Å².